The first-order chi connectivity index (χ1) is 8.17. The Labute approximate surface area is 101 Å². The summed E-state index contributed by atoms with van der Waals surface area (Å²) in [6.07, 6.45) is 3.09. The van der Waals surface area contributed by atoms with Gasteiger partial charge in [-0.25, -0.2) is 9.97 Å². The van der Waals surface area contributed by atoms with Gasteiger partial charge in [0, 0.05) is 17.8 Å². The van der Waals surface area contributed by atoms with Crippen LogP contribution in [0.15, 0.2) is 6.07 Å². The summed E-state index contributed by atoms with van der Waals surface area (Å²) < 4.78 is 0. The van der Waals surface area contributed by atoms with Gasteiger partial charge >= 0.3 is 0 Å². The third kappa shape index (κ3) is 3.69. The molecular formula is C12H18N4O. The van der Waals surface area contributed by atoms with Crippen LogP contribution in [0, 0.1) is 6.92 Å². The summed E-state index contributed by atoms with van der Waals surface area (Å²) in [6.45, 7) is 4.18. The van der Waals surface area contributed by atoms with E-state index < -0.39 is 0 Å². The van der Waals surface area contributed by atoms with Crippen molar-refractivity contribution in [3.63, 3.8) is 0 Å². The molecule has 0 aliphatic heterocycles. The summed E-state index contributed by atoms with van der Waals surface area (Å²) in [6, 6.07) is 2.29. The van der Waals surface area contributed by atoms with Gasteiger partial charge in [-0.05, 0) is 26.2 Å². The van der Waals surface area contributed by atoms with E-state index in [0.29, 0.717) is 6.04 Å². The molecule has 1 fully saturated rings. The lowest BCUT2D eigenvalue weighted by Crippen LogP contribution is -2.31. The van der Waals surface area contributed by atoms with Crippen molar-refractivity contribution in [2.75, 3.05) is 11.9 Å². The predicted octanol–water partition coefficient (Wildman–Crippen LogP) is 1.04. The maximum atomic E-state index is 11.5. The minimum absolute atomic E-state index is 0.0295. The Morgan fingerprint density at radius 2 is 2.24 bits per heavy atom. The first-order valence-electron chi connectivity index (χ1n) is 6.05. The largest absolute Gasteiger partial charge is 0.361 e. The van der Waals surface area contributed by atoms with Crippen LogP contribution in [-0.2, 0) is 11.2 Å². The molecule has 1 aliphatic carbocycles. The first-order valence-corrected chi connectivity index (χ1v) is 6.05. The fourth-order valence-corrected chi connectivity index (χ4v) is 1.58. The molecule has 1 aromatic rings. The molecule has 1 saturated carbocycles. The zero-order chi connectivity index (χ0) is 12.3. The molecule has 1 aliphatic rings. The highest BCUT2D eigenvalue weighted by atomic mass is 16.2. The number of amides is 1. The van der Waals surface area contributed by atoms with Crippen LogP contribution >= 0.6 is 0 Å². The summed E-state index contributed by atoms with van der Waals surface area (Å²) in [5.41, 5.74) is 0.989. The van der Waals surface area contributed by atoms with Crippen molar-refractivity contribution in [3.05, 3.63) is 17.6 Å². The van der Waals surface area contributed by atoms with Crippen molar-refractivity contribution in [3.8, 4) is 0 Å². The van der Waals surface area contributed by atoms with E-state index >= 15 is 0 Å². The Kier molecular flexibility index (Phi) is 3.56. The molecule has 1 aromatic heterocycles. The topological polar surface area (TPSA) is 66.9 Å². The number of carbonyl (C=O) groups is 1. The molecule has 0 radical (unpaired) electrons. The number of aromatic nitrogens is 2. The van der Waals surface area contributed by atoms with Crippen LogP contribution in [-0.4, -0.2) is 28.5 Å². The number of rotatable bonds is 5. The molecule has 92 valence electrons. The number of nitrogens with one attached hydrogen (secondary N) is 2. The van der Waals surface area contributed by atoms with E-state index in [4.69, 9.17) is 0 Å². The van der Waals surface area contributed by atoms with Crippen LogP contribution in [0.2, 0.25) is 0 Å². The number of aryl methyl sites for hydroxylation is 2. The van der Waals surface area contributed by atoms with E-state index in [1.54, 1.807) is 0 Å². The summed E-state index contributed by atoms with van der Waals surface area (Å²) in [7, 11) is 0. The van der Waals surface area contributed by atoms with Gasteiger partial charge in [-0.1, -0.05) is 6.92 Å². The van der Waals surface area contributed by atoms with Gasteiger partial charge in [0.2, 0.25) is 5.91 Å². The number of nitrogens with zero attached hydrogens (tertiary/aromatic N) is 2. The van der Waals surface area contributed by atoms with Crippen molar-refractivity contribution < 1.29 is 4.79 Å². The van der Waals surface area contributed by atoms with Gasteiger partial charge in [-0.3, -0.25) is 4.79 Å². The van der Waals surface area contributed by atoms with Crippen LogP contribution in [0.5, 0.6) is 0 Å². The average Bonchev–Trinajstić information content (AvgIpc) is 3.09. The molecule has 0 aromatic carbocycles. The Balaban J connectivity index is 1.88. The van der Waals surface area contributed by atoms with Gasteiger partial charge in [-0.2, -0.15) is 0 Å². The highest BCUT2D eigenvalue weighted by Gasteiger charge is 2.22. The molecule has 0 bridgehead atoms. The number of anilines is 1. The molecule has 0 atom stereocenters. The zero-order valence-corrected chi connectivity index (χ0v) is 10.3. The lowest BCUT2D eigenvalue weighted by atomic mass is 10.3. The highest BCUT2D eigenvalue weighted by molar-refractivity contribution is 5.80. The first kappa shape index (κ1) is 11.8. The highest BCUT2D eigenvalue weighted by Crippen LogP contribution is 2.18. The Morgan fingerprint density at radius 1 is 1.47 bits per heavy atom. The van der Waals surface area contributed by atoms with Gasteiger partial charge in [0.15, 0.2) is 0 Å². The molecule has 0 spiro atoms. The molecule has 0 saturated heterocycles. The van der Waals surface area contributed by atoms with Crippen molar-refractivity contribution in [2.45, 2.75) is 39.2 Å². The molecule has 1 heterocycles. The predicted molar refractivity (Wildman–Crippen MR) is 65.8 cm³/mol. The zero-order valence-electron chi connectivity index (χ0n) is 10.3. The molecule has 2 N–H and O–H groups in total. The second kappa shape index (κ2) is 5.12. The lowest BCUT2D eigenvalue weighted by Gasteiger charge is -2.08. The molecule has 5 nitrogen and oxygen atoms in total. The van der Waals surface area contributed by atoms with Gasteiger partial charge in [0.1, 0.15) is 11.6 Å². The molecule has 2 rings (SSSR count). The fraction of sp³-hybridized carbons (Fsp3) is 0.583. The number of hydrogen-bond donors (Lipinski definition) is 2. The van der Waals surface area contributed by atoms with Gasteiger partial charge in [-0.15, -0.1) is 0 Å². The van der Waals surface area contributed by atoms with Gasteiger partial charge < -0.3 is 10.6 Å². The second-order valence-electron chi connectivity index (χ2n) is 4.34. The lowest BCUT2D eigenvalue weighted by molar-refractivity contribution is -0.119. The molecule has 17 heavy (non-hydrogen) atoms. The maximum absolute atomic E-state index is 11.5. The SMILES string of the molecule is CCc1cc(NCC(=O)NC2CC2)nc(C)n1. The standard InChI is InChI=1S/C12H18N4O/c1-3-9-6-11(15-8(2)14-9)13-7-12(17)16-10-4-5-10/h6,10H,3-5,7H2,1-2H3,(H,16,17)(H,13,14,15). The van der Waals surface area contributed by atoms with E-state index in [2.05, 4.69) is 20.6 Å². The minimum atomic E-state index is 0.0295. The minimum Gasteiger partial charge on any atom is -0.361 e. The average molecular weight is 234 g/mol. The quantitative estimate of drug-likeness (QED) is 0.798. The summed E-state index contributed by atoms with van der Waals surface area (Å²) >= 11 is 0. The van der Waals surface area contributed by atoms with E-state index in [-0.39, 0.29) is 12.5 Å². The summed E-state index contributed by atoms with van der Waals surface area (Å²) in [5.74, 6) is 1.48. The Hall–Kier alpha value is -1.65. The van der Waals surface area contributed by atoms with Crippen LogP contribution in [0.4, 0.5) is 5.82 Å². The smallest absolute Gasteiger partial charge is 0.239 e. The van der Waals surface area contributed by atoms with Crippen LogP contribution in [0.1, 0.15) is 31.3 Å². The van der Waals surface area contributed by atoms with E-state index in [9.17, 15) is 4.79 Å². The summed E-state index contributed by atoms with van der Waals surface area (Å²) in [5, 5.41) is 5.95. The molecule has 1 amide bonds. The third-order valence-electron chi connectivity index (χ3n) is 2.63. The van der Waals surface area contributed by atoms with Crippen LogP contribution < -0.4 is 10.6 Å². The van der Waals surface area contributed by atoms with Crippen LogP contribution in [0.3, 0.4) is 0 Å². The monoisotopic (exact) mass is 234 g/mol. The van der Waals surface area contributed by atoms with Crippen LogP contribution in [0.25, 0.3) is 0 Å². The molecule has 0 unspecified atom stereocenters. The van der Waals surface area contributed by atoms with E-state index in [1.165, 1.54) is 0 Å². The van der Waals surface area contributed by atoms with E-state index in [1.807, 2.05) is 19.9 Å². The van der Waals surface area contributed by atoms with Gasteiger partial charge in [0.05, 0.1) is 6.54 Å². The van der Waals surface area contributed by atoms with Crippen molar-refractivity contribution in [2.24, 2.45) is 0 Å². The van der Waals surface area contributed by atoms with E-state index in [0.717, 1.165) is 36.6 Å². The van der Waals surface area contributed by atoms with Crippen molar-refractivity contribution in [1.82, 2.24) is 15.3 Å². The Bertz CT molecular complexity index is 415. The fourth-order valence-electron chi connectivity index (χ4n) is 1.58. The molecule has 5 heteroatoms. The number of hydrogen-bond acceptors (Lipinski definition) is 4. The Morgan fingerprint density at radius 3 is 2.88 bits per heavy atom. The molecular weight excluding hydrogens is 216 g/mol. The normalized spacial score (nSPS) is 14.5. The third-order valence-corrected chi connectivity index (χ3v) is 2.63. The number of carbonyl (C=O) groups excluding carboxylic acids is 1. The summed E-state index contributed by atoms with van der Waals surface area (Å²) in [4.78, 5) is 20.0. The second-order valence-corrected chi connectivity index (χ2v) is 4.34. The van der Waals surface area contributed by atoms with Crippen molar-refractivity contribution >= 4 is 11.7 Å². The van der Waals surface area contributed by atoms with Gasteiger partial charge in [0.25, 0.3) is 0 Å². The van der Waals surface area contributed by atoms with Crippen molar-refractivity contribution in [1.29, 1.82) is 0 Å². The maximum Gasteiger partial charge on any atom is 0.239 e.